The lowest BCUT2D eigenvalue weighted by Crippen LogP contribution is -2.54. The van der Waals surface area contributed by atoms with Crippen molar-refractivity contribution in [2.24, 2.45) is 0 Å². The van der Waals surface area contributed by atoms with E-state index in [9.17, 15) is 9.90 Å². The largest absolute Gasteiger partial charge is 0.479 e. The highest BCUT2D eigenvalue weighted by Crippen LogP contribution is 2.22. The van der Waals surface area contributed by atoms with Crippen LogP contribution in [0, 0.1) is 0 Å². The fourth-order valence-corrected chi connectivity index (χ4v) is 1.68. The van der Waals surface area contributed by atoms with E-state index in [1.54, 1.807) is 0 Å². The third kappa shape index (κ3) is 2.19. The van der Waals surface area contributed by atoms with Crippen molar-refractivity contribution in [1.29, 1.82) is 0 Å². The average Bonchev–Trinajstić information content (AvgIpc) is 2.04. The van der Waals surface area contributed by atoms with Gasteiger partial charge in [-0.25, -0.2) is 4.79 Å². The van der Waals surface area contributed by atoms with E-state index < -0.39 is 11.6 Å². The Kier molecular flexibility index (Phi) is 2.93. The van der Waals surface area contributed by atoms with E-state index in [-0.39, 0.29) is 6.54 Å². The number of carboxylic acid groups (broad SMARTS) is 1. The summed E-state index contributed by atoms with van der Waals surface area (Å²) in [5.74, 6) is -1.10. The second-order valence-corrected chi connectivity index (χ2v) is 4.00. The van der Waals surface area contributed by atoms with Crippen molar-refractivity contribution in [2.45, 2.75) is 38.3 Å². The molecule has 1 aliphatic heterocycles. The standard InChI is InChI=1S/C9H17NO3/c1-7(2)10-5-3-4-9(13,6-10)8(11)12/h7,13H,3-6H2,1-2H3,(H,11,12). The predicted octanol–water partition coefficient (Wildman–Crippen LogP) is 0.306. The fraction of sp³-hybridized carbons (Fsp3) is 0.889. The third-order valence-electron chi connectivity index (χ3n) is 2.63. The topological polar surface area (TPSA) is 60.8 Å². The molecule has 0 aromatic rings. The Morgan fingerprint density at radius 1 is 1.54 bits per heavy atom. The van der Waals surface area contributed by atoms with Gasteiger partial charge < -0.3 is 10.2 Å². The first kappa shape index (κ1) is 10.5. The van der Waals surface area contributed by atoms with E-state index >= 15 is 0 Å². The maximum absolute atomic E-state index is 10.8. The monoisotopic (exact) mass is 187 g/mol. The van der Waals surface area contributed by atoms with Crippen LogP contribution in [0.2, 0.25) is 0 Å². The van der Waals surface area contributed by atoms with E-state index in [0.717, 1.165) is 13.0 Å². The quantitative estimate of drug-likeness (QED) is 0.653. The lowest BCUT2D eigenvalue weighted by Gasteiger charge is -2.38. The molecular formula is C9H17NO3. The number of nitrogens with zero attached hydrogens (tertiary/aromatic N) is 1. The Morgan fingerprint density at radius 3 is 2.62 bits per heavy atom. The van der Waals surface area contributed by atoms with Gasteiger partial charge in [-0.2, -0.15) is 0 Å². The summed E-state index contributed by atoms with van der Waals surface area (Å²) in [6.07, 6.45) is 1.12. The first-order chi connectivity index (χ1) is 5.96. The molecule has 4 heteroatoms. The molecule has 0 amide bonds. The maximum Gasteiger partial charge on any atom is 0.337 e. The number of piperidine rings is 1. The van der Waals surface area contributed by atoms with Crippen LogP contribution in [0.3, 0.4) is 0 Å². The molecule has 0 saturated carbocycles. The van der Waals surface area contributed by atoms with E-state index in [1.165, 1.54) is 0 Å². The number of likely N-dealkylation sites (tertiary alicyclic amines) is 1. The summed E-state index contributed by atoms with van der Waals surface area (Å²) in [5, 5.41) is 18.5. The van der Waals surface area contributed by atoms with Crippen LogP contribution in [0.4, 0.5) is 0 Å². The molecule has 2 N–H and O–H groups in total. The zero-order chi connectivity index (χ0) is 10.1. The number of aliphatic carboxylic acids is 1. The molecule has 1 unspecified atom stereocenters. The molecule has 1 atom stereocenters. The van der Waals surface area contributed by atoms with Crippen molar-refractivity contribution in [1.82, 2.24) is 4.90 Å². The van der Waals surface area contributed by atoms with Crippen LogP contribution in [0.25, 0.3) is 0 Å². The molecule has 1 heterocycles. The summed E-state index contributed by atoms with van der Waals surface area (Å²) in [7, 11) is 0. The second kappa shape index (κ2) is 3.64. The van der Waals surface area contributed by atoms with Crippen LogP contribution < -0.4 is 0 Å². The Morgan fingerprint density at radius 2 is 2.15 bits per heavy atom. The molecule has 0 aliphatic carbocycles. The van der Waals surface area contributed by atoms with Crippen molar-refractivity contribution < 1.29 is 15.0 Å². The summed E-state index contributed by atoms with van der Waals surface area (Å²) >= 11 is 0. The number of β-amino-alcohol motifs (C(OH)–C–C–N with tert-alkyl or cyclic N) is 1. The van der Waals surface area contributed by atoms with Crippen LogP contribution in [-0.2, 0) is 4.79 Å². The third-order valence-corrected chi connectivity index (χ3v) is 2.63. The van der Waals surface area contributed by atoms with Crippen molar-refractivity contribution in [2.75, 3.05) is 13.1 Å². The van der Waals surface area contributed by atoms with Crippen LogP contribution in [0.5, 0.6) is 0 Å². The number of aliphatic hydroxyl groups is 1. The van der Waals surface area contributed by atoms with Crippen LogP contribution >= 0.6 is 0 Å². The molecular weight excluding hydrogens is 170 g/mol. The molecule has 4 nitrogen and oxygen atoms in total. The molecule has 13 heavy (non-hydrogen) atoms. The van der Waals surface area contributed by atoms with Gasteiger partial charge in [0.1, 0.15) is 0 Å². The summed E-state index contributed by atoms with van der Waals surface area (Å²) in [5.41, 5.74) is -1.53. The van der Waals surface area contributed by atoms with Gasteiger partial charge in [0.05, 0.1) is 0 Å². The molecule has 1 saturated heterocycles. The van der Waals surface area contributed by atoms with E-state index in [1.807, 2.05) is 18.7 Å². The summed E-state index contributed by atoms with van der Waals surface area (Å²) in [6, 6.07) is 0.297. The van der Waals surface area contributed by atoms with Crippen LogP contribution in [0.15, 0.2) is 0 Å². The Labute approximate surface area is 78.2 Å². The van der Waals surface area contributed by atoms with Crippen LogP contribution in [-0.4, -0.2) is 45.8 Å². The molecule has 1 rings (SSSR count). The van der Waals surface area contributed by atoms with Gasteiger partial charge in [0.15, 0.2) is 5.60 Å². The molecule has 0 radical (unpaired) electrons. The molecule has 0 aromatic carbocycles. The highest BCUT2D eigenvalue weighted by Gasteiger charge is 2.40. The molecule has 1 aliphatic rings. The zero-order valence-corrected chi connectivity index (χ0v) is 8.16. The van der Waals surface area contributed by atoms with Gasteiger partial charge in [-0.1, -0.05) is 0 Å². The van der Waals surface area contributed by atoms with Gasteiger partial charge in [0.25, 0.3) is 0 Å². The number of rotatable bonds is 2. The minimum atomic E-state index is -1.53. The summed E-state index contributed by atoms with van der Waals surface area (Å²) in [6.45, 7) is 5.15. The number of hydrogen-bond acceptors (Lipinski definition) is 3. The predicted molar refractivity (Wildman–Crippen MR) is 48.5 cm³/mol. The van der Waals surface area contributed by atoms with Crippen molar-refractivity contribution in [3.8, 4) is 0 Å². The van der Waals surface area contributed by atoms with Gasteiger partial charge >= 0.3 is 5.97 Å². The maximum atomic E-state index is 10.8. The first-order valence-corrected chi connectivity index (χ1v) is 4.65. The minimum absolute atomic E-state index is 0.250. The zero-order valence-electron chi connectivity index (χ0n) is 8.16. The Bertz CT molecular complexity index is 205. The van der Waals surface area contributed by atoms with Crippen molar-refractivity contribution in [3.05, 3.63) is 0 Å². The fourth-order valence-electron chi connectivity index (χ4n) is 1.68. The van der Waals surface area contributed by atoms with Gasteiger partial charge in [-0.3, -0.25) is 4.90 Å². The van der Waals surface area contributed by atoms with Crippen LogP contribution in [0.1, 0.15) is 26.7 Å². The van der Waals surface area contributed by atoms with Gasteiger partial charge in [0, 0.05) is 12.6 Å². The summed E-state index contributed by atoms with van der Waals surface area (Å²) in [4.78, 5) is 12.8. The number of hydrogen-bond donors (Lipinski definition) is 2. The summed E-state index contributed by atoms with van der Waals surface area (Å²) < 4.78 is 0. The molecule has 0 aromatic heterocycles. The van der Waals surface area contributed by atoms with Gasteiger partial charge in [-0.15, -0.1) is 0 Å². The van der Waals surface area contributed by atoms with Crippen molar-refractivity contribution in [3.63, 3.8) is 0 Å². The Balaban J connectivity index is 2.65. The number of carboxylic acids is 1. The van der Waals surface area contributed by atoms with Crippen molar-refractivity contribution >= 4 is 5.97 Å². The normalized spacial score (nSPS) is 30.8. The SMILES string of the molecule is CC(C)N1CCCC(O)(C(=O)O)C1. The highest BCUT2D eigenvalue weighted by molar-refractivity contribution is 5.77. The van der Waals surface area contributed by atoms with E-state index in [2.05, 4.69) is 0 Å². The lowest BCUT2D eigenvalue weighted by atomic mass is 9.92. The lowest BCUT2D eigenvalue weighted by molar-refractivity contribution is -0.165. The highest BCUT2D eigenvalue weighted by atomic mass is 16.4. The molecule has 0 bridgehead atoms. The first-order valence-electron chi connectivity index (χ1n) is 4.65. The average molecular weight is 187 g/mol. The van der Waals surface area contributed by atoms with E-state index in [4.69, 9.17) is 5.11 Å². The second-order valence-electron chi connectivity index (χ2n) is 4.00. The molecule has 1 fully saturated rings. The molecule has 76 valence electrons. The smallest absolute Gasteiger partial charge is 0.337 e. The number of carbonyl (C=O) groups is 1. The Hall–Kier alpha value is -0.610. The van der Waals surface area contributed by atoms with E-state index in [0.29, 0.717) is 12.5 Å². The molecule has 0 spiro atoms. The van der Waals surface area contributed by atoms with Gasteiger partial charge in [-0.05, 0) is 33.2 Å². The van der Waals surface area contributed by atoms with Gasteiger partial charge in [0.2, 0.25) is 0 Å². The minimum Gasteiger partial charge on any atom is -0.479 e.